The Labute approximate surface area is 229 Å². The molecule has 7 nitrogen and oxygen atoms in total. The summed E-state index contributed by atoms with van der Waals surface area (Å²) in [6, 6.07) is 0.265. The number of esters is 2. The van der Waals surface area contributed by atoms with Crippen molar-refractivity contribution in [1.29, 1.82) is 0 Å². The molecule has 218 valence electrons. The van der Waals surface area contributed by atoms with Crippen LogP contribution in [0.25, 0.3) is 0 Å². The highest BCUT2D eigenvalue weighted by atomic mass is 16.5. The van der Waals surface area contributed by atoms with E-state index in [1.807, 2.05) is 0 Å². The Morgan fingerprint density at radius 3 is 2.53 bits per heavy atom. The van der Waals surface area contributed by atoms with Gasteiger partial charge in [0.2, 0.25) is 0 Å². The number of methoxy groups -OCH3 is 1. The Morgan fingerprint density at radius 2 is 1.82 bits per heavy atom. The summed E-state index contributed by atoms with van der Waals surface area (Å²) in [7, 11) is 1.44. The van der Waals surface area contributed by atoms with Crippen molar-refractivity contribution in [2.75, 3.05) is 20.3 Å². The van der Waals surface area contributed by atoms with E-state index in [2.05, 4.69) is 33.0 Å². The summed E-state index contributed by atoms with van der Waals surface area (Å²) < 4.78 is 10.2. The van der Waals surface area contributed by atoms with E-state index in [-0.39, 0.29) is 47.4 Å². The maximum Gasteiger partial charge on any atom is 0.319 e. The van der Waals surface area contributed by atoms with Crippen LogP contribution in [0.4, 0.5) is 0 Å². The minimum atomic E-state index is -0.390. The first-order chi connectivity index (χ1) is 18.1. The van der Waals surface area contributed by atoms with Crippen molar-refractivity contribution in [2.45, 2.75) is 117 Å². The number of hydrogen-bond donors (Lipinski definition) is 3. The third kappa shape index (κ3) is 5.54. The molecule has 4 aliphatic rings. The van der Waals surface area contributed by atoms with Crippen molar-refractivity contribution in [3.63, 3.8) is 0 Å². The average molecular weight is 536 g/mol. The molecule has 4 aliphatic carbocycles. The molecule has 0 heterocycles. The second kappa shape index (κ2) is 12.1. The van der Waals surface area contributed by atoms with Crippen LogP contribution >= 0.6 is 0 Å². The summed E-state index contributed by atoms with van der Waals surface area (Å²) in [5.41, 5.74) is -0.127. The number of carbonyl (C=O) groups is 2. The van der Waals surface area contributed by atoms with Gasteiger partial charge in [-0.05, 0) is 104 Å². The highest BCUT2D eigenvalue weighted by Gasteiger charge is 2.65. The van der Waals surface area contributed by atoms with Gasteiger partial charge >= 0.3 is 11.9 Å². The molecule has 4 saturated carbocycles. The standard InChI is InChI=1S/C31H53NO6/c1-6-7-14-38-28(36)18-32-21-12-13-30(3)20(15-21)16-25(33)29-23-10-9-22(19(2)8-11-27(35)37-5)31(23,4)26(34)17-24(29)30/h19-26,29,32-34H,6-18H2,1-5H3/t19?,20?,21?,22?,23?,24?,25-,26+,29?,30?,31-/m1/s1. The first-order valence-corrected chi connectivity index (χ1v) is 15.4. The Hall–Kier alpha value is -1.18. The minimum absolute atomic E-state index is 0.0978. The monoisotopic (exact) mass is 535 g/mol. The van der Waals surface area contributed by atoms with Gasteiger partial charge in [-0.1, -0.05) is 34.1 Å². The largest absolute Gasteiger partial charge is 0.469 e. The number of unbranched alkanes of at least 4 members (excludes halogenated alkanes) is 1. The van der Waals surface area contributed by atoms with Crippen LogP contribution in [0.1, 0.15) is 98.3 Å². The minimum Gasteiger partial charge on any atom is -0.469 e. The van der Waals surface area contributed by atoms with Crippen LogP contribution in [-0.2, 0) is 19.1 Å². The molecule has 4 fully saturated rings. The molecule has 0 aliphatic heterocycles. The third-order valence-corrected chi connectivity index (χ3v) is 11.9. The lowest BCUT2D eigenvalue weighted by Crippen LogP contribution is -2.62. The maximum absolute atomic E-state index is 12.1. The number of aliphatic hydroxyl groups excluding tert-OH is 2. The molecule has 4 rings (SSSR count). The molecule has 0 bridgehead atoms. The SMILES string of the molecule is CCCCOC(=O)CNC1CCC2(C)C(C1)C[C@@H](O)C1C2C[C@H](O)[C@]2(C)C(C(C)CCC(=O)OC)CCC12. The topological polar surface area (TPSA) is 105 Å². The first kappa shape index (κ1) is 29.8. The van der Waals surface area contributed by atoms with Crippen molar-refractivity contribution in [3.05, 3.63) is 0 Å². The van der Waals surface area contributed by atoms with Crippen LogP contribution in [0.5, 0.6) is 0 Å². The second-order valence-electron chi connectivity index (χ2n) is 13.6. The van der Waals surface area contributed by atoms with Crippen molar-refractivity contribution in [2.24, 2.45) is 46.3 Å². The van der Waals surface area contributed by atoms with E-state index in [4.69, 9.17) is 9.47 Å². The Balaban J connectivity index is 1.42. The average Bonchev–Trinajstić information content (AvgIpc) is 3.25. The number of fused-ring (bicyclic) bond motifs is 5. The molecular weight excluding hydrogens is 482 g/mol. The van der Waals surface area contributed by atoms with Crippen molar-refractivity contribution in [1.82, 2.24) is 5.32 Å². The van der Waals surface area contributed by atoms with Crippen LogP contribution in [0.2, 0.25) is 0 Å². The van der Waals surface area contributed by atoms with E-state index < -0.39 is 6.10 Å². The molecule has 7 heteroatoms. The van der Waals surface area contributed by atoms with Gasteiger partial charge in [0.15, 0.2) is 0 Å². The van der Waals surface area contributed by atoms with E-state index in [1.54, 1.807) is 0 Å². The van der Waals surface area contributed by atoms with E-state index >= 15 is 0 Å². The van der Waals surface area contributed by atoms with Gasteiger partial charge in [0.1, 0.15) is 0 Å². The van der Waals surface area contributed by atoms with Crippen LogP contribution in [-0.4, -0.2) is 60.7 Å². The lowest BCUT2D eigenvalue weighted by atomic mass is 9.43. The van der Waals surface area contributed by atoms with Crippen molar-refractivity contribution < 1.29 is 29.3 Å². The van der Waals surface area contributed by atoms with E-state index in [1.165, 1.54) is 7.11 Å². The smallest absolute Gasteiger partial charge is 0.319 e. The summed E-state index contributed by atoms with van der Waals surface area (Å²) in [5.74, 6) is 1.56. The van der Waals surface area contributed by atoms with Crippen molar-refractivity contribution >= 4 is 11.9 Å². The zero-order valence-electron chi connectivity index (χ0n) is 24.4. The zero-order chi connectivity index (χ0) is 27.7. The molecule has 0 saturated heterocycles. The predicted molar refractivity (Wildman–Crippen MR) is 146 cm³/mol. The first-order valence-electron chi connectivity index (χ1n) is 15.4. The van der Waals surface area contributed by atoms with E-state index in [9.17, 15) is 19.8 Å². The highest BCUT2D eigenvalue weighted by molar-refractivity contribution is 5.71. The maximum atomic E-state index is 12.1. The lowest BCUT2D eigenvalue weighted by Gasteiger charge is -2.63. The van der Waals surface area contributed by atoms with Gasteiger partial charge in [-0.15, -0.1) is 0 Å². The highest BCUT2D eigenvalue weighted by Crippen LogP contribution is 2.68. The summed E-state index contributed by atoms with van der Waals surface area (Å²) in [6.07, 6.45) is 9.07. The fraction of sp³-hybridized carbons (Fsp3) is 0.935. The second-order valence-corrected chi connectivity index (χ2v) is 13.6. The molecule has 0 aromatic heterocycles. The van der Waals surface area contributed by atoms with Crippen LogP contribution in [0, 0.1) is 46.3 Å². The van der Waals surface area contributed by atoms with Crippen molar-refractivity contribution in [3.8, 4) is 0 Å². The summed E-state index contributed by atoms with van der Waals surface area (Å²) in [4.78, 5) is 23.9. The molecule has 0 spiro atoms. The number of ether oxygens (including phenoxy) is 2. The van der Waals surface area contributed by atoms with Crippen LogP contribution in [0.3, 0.4) is 0 Å². The summed E-state index contributed by atoms with van der Waals surface area (Å²) >= 11 is 0. The predicted octanol–water partition coefficient (Wildman–Crippen LogP) is 4.48. The fourth-order valence-corrected chi connectivity index (χ4v) is 9.60. The van der Waals surface area contributed by atoms with Gasteiger partial charge in [-0.2, -0.15) is 0 Å². The van der Waals surface area contributed by atoms with Gasteiger partial charge in [0, 0.05) is 12.5 Å². The number of aliphatic hydroxyl groups is 2. The van der Waals surface area contributed by atoms with Crippen LogP contribution < -0.4 is 5.32 Å². The number of hydrogen-bond acceptors (Lipinski definition) is 7. The fourth-order valence-electron chi connectivity index (χ4n) is 9.60. The summed E-state index contributed by atoms with van der Waals surface area (Å²) in [5, 5.41) is 26.8. The zero-order valence-corrected chi connectivity index (χ0v) is 24.4. The van der Waals surface area contributed by atoms with Gasteiger partial charge in [0.25, 0.3) is 0 Å². The Morgan fingerprint density at radius 1 is 1.05 bits per heavy atom. The molecule has 3 N–H and O–H groups in total. The molecule has 0 aromatic carbocycles. The molecule has 0 aromatic rings. The quantitative estimate of drug-likeness (QED) is 0.280. The van der Waals surface area contributed by atoms with Gasteiger partial charge < -0.3 is 25.0 Å². The number of rotatable bonds is 10. The Bertz CT molecular complexity index is 835. The van der Waals surface area contributed by atoms with Gasteiger partial charge in [-0.3, -0.25) is 9.59 Å². The van der Waals surface area contributed by atoms with E-state index in [0.29, 0.717) is 42.6 Å². The Kier molecular flexibility index (Phi) is 9.52. The molecule has 0 amide bonds. The molecule has 0 radical (unpaired) electrons. The number of carbonyl (C=O) groups excluding carboxylic acids is 2. The molecule has 38 heavy (non-hydrogen) atoms. The molecule has 11 atom stereocenters. The van der Waals surface area contributed by atoms with Gasteiger partial charge in [0.05, 0.1) is 32.5 Å². The van der Waals surface area contributed by atoms with Crippen LogP contribution in [0.15, 0.2) is 0 Å². The van der Waals surface area contributed by atoms with Gasteiger partial charge in [-0.25, -0.2) is 0 Å². The van der Waals surface area contributed by atoms with E-state index in [0.717, 1.165) is 64.2 Å². The normalized spacial score (nSPS) is 42.9. The summed E-state index contributed by atoms with van der Waals surface area (Å²) in [6.45, 7) is 9.73. The third-order valence-electron chi connectivity index (χ3n) is 11.9. The lowest BCUT2D eigenvalue weighted by molar-refractivity contribution is -0.202. The number of nitrogens with one attached hydrogen (secondary N) is 1. The molecule has 8 unspecified atom stereocenters. The molecular formula is C31H53NO6.